The van der Waals surface area contributed by atoms with E-state index in [1.54, 1.807) is 0 Å². The molecule has 2 unspecified atom stereocenters. The summed E-state index contributed by atoms with van der Waals surface area (Å²) < 4.78 is 0. The molecule has 60 valence electrons. The van der Waals surface area contributed by atoms with Crippen LogP contribution in [0.3, 0.4) is 0 Å². The predicted molar refractivity (Wildman–Crippen MR) is 45.0 cm³/mol. The summed E-state index contributed by atoms with van der Waals surface area (Å²) >= 11 is 0. The van der Waals surface area contributed by atoms with Crippen LogP contribution in [0.5, 0.6) is 0 Å². The molecule has 0 saturated heterocycles. The predicted octanol–water partition coefficient (Wildman–Crippen LogP) is 2.01. The van der Waals surface area contributed by atoms with Crippen molar-refractivity contribution in [2.45, 2.75) is 32.6 Å². The van der Waals surface area contributed by atoms with Crippen molar-refractivity contribution in [3.05, 3.63) is 0 Å². The third kappa shape index (κ3) is 1.83. The van der Waals surface area contributed by atoms with Gasteiger partial charge in [0.25, 0.3) is 0 Å². The van der Waals surface area contributed by atoms with Crippen LogP contribution in [-0.4, -0.2) is 5.78 Å². The minimum atomic E-state index is 0.267. The normalized spacial score (nSPS) is 30.4. The van der Waals surface area contributed by atoms with Crippen LogP contribution in [-0.2, 0) is 4.79 Å². The van der Waals surface area contributed by atoms with Crippen molar-refractivity contribution >= 4 is 5.78 Å². The lowest BCUT2D eigenvalue weighted by molar-refractivity contribution is -0.120. The van der Waals surface area contributed by atoms with E-state index in [1.165, 1.54) is 0 Å². The van der Waals surface area contributed by atoms with E-state index in [9.17, 15) is 4.79 Å². The Balaban J connectivity index is 2.37. The third-order valence-electron chi connectivity index (χ3n) is 2.64. The Kier molecular flexibility index (Phi) is 2.70. The standard InChI is InChI=1S/C10H14O/c1-3-4-5-9-6-7-10(11)8(9)2/h1,8-9H,4-7H2,2H3. The maximum Gasteiger partial charge on any atom is 0.135 e. The number of carbonyl (C=O) groups is 1. The topological polar surface area (TPSA) is 17.1 Å². The van der Waals surface area contributed by atoms with Gasteiger partial charge in [-0.2, -0.15) is 0 Å². The first-order valence-electron chi connectivity index (χ1n) is 4.22. The molecule has 1 aliphatic carbocycles. The zero-order valence-electron chi connectivity index (χ0n) is 6.97. The van der Waals surface area contributed by atoms with Gasteiger partial charge in [-0.05, 0) is 18.8 Å². The van der Waals surface area contributed by atoms with Gasteiger partial charge in [-0.25, -0.2) is 0 Å². The average molecular weight is 150 g/mol. The van der Waals surface area contributed by atoms with Crippen molar-refractivity contribution in [3.8, 4) is 12.3 Å². The molecule has 1 nitrogen and oxygen atoms in total. The molecule has 0 N–H and O–H groups in total. The molecule has 2 atom stereocenters. The molecule has 0 amide bonds. The zero-order valence-corrected chi connectivity index (χ0v) is 6.97. The number of hydrogen-bond donors (Lipinski definition) is 0. The third-order valence-corrected chi connectivity index (χ3v) is 2.64. The molecule has 0 aromatic heterocycles. The van der Waals surface area contributed by atoms with E-state index in [-0.39, 0.29) is 5.92 Å². The summed E-state index contributed by atoms with van der Waals surface area (Å²) in [6.07, 6.45) is 8.84. The lowest BCUT2D eigenvalue weighted by atomic mass is 9.93. The summed E-state index contributed by atoms with van der Waals surface area (Å²) in [5.74, 6) is 3.88. The van der Waals surface area contributed by atoms with Gasteiger partial charge in [-0.15, -0.1) is 12.3 Å². The molecule has 1 rings (SSSR count). The molecule has 1 saturated carbocycles. The number of ketones is 1. The van der Waals surface area contributed by atoms with Crippen LogP contribution in [0.25, 0.3) is 0 Å². The lowest BCUT2D eigenvalue weighted by Gasteiger charge is -2.10. The van der Waals surface area contributed by atoms with Gasteiger partial charge >= 0.3 is 0 Å². The van der Waals surface area contributed by atoms with E-state index in [1.807, 2.05) is 6.92 Å². The summed E-state index contributed by atoms with van der Waals surface area (Å²) in [6.45, 7) is 2.02. The summed E-state index contributed by atoms with van der Waals surface area (Å²) in [5.41, 5.74) is 0. The van der Waals surface area contributed by atoms with Gasteiger partial charge in [-0.3, -0.25) is 4.79 Å². The Morgan fingerprint density at radius 2 is 2.45 bits per heavy atom. The molecule has 0 aliphatic heterocycles. The van der Waals surface area contributed by atoms with Crippen LogP contribution in [0.15, 0.2) is 0 Å². The van der Waals surface area contributed by atoms with Gasteiger partial charge in [0.1, 0.15) is 5.78 Å². The molecular weight excluding hydrogens is 136 g/mol. The first-order valence-corrected chi connectivity index (χ1v) is 4.22. The Hall–Kier alpha value is -0.770. The van der Waals surface area contributed by atoms with E-state index in [4.69, 9.17) is 6.42 Å². The highest BCUT2D eigenvalue weighted by molar-refractivity contribution is 5.82. The molecule has 0 aromatic rings. The number of rotatable bonds is 2. The van der Waals surface area contributed by atoms with Crippen LogP contribution in [0.1, 0.15) is 32.6 Å². The smallest absolute Gasteiger partial charge is 0.135 e. The highest BCUT2D eigenvalue weighted by Gasteiger charge is 2.29. The lowest BCUT2D eigenvalue weighted by Crippen LogP contribution is -2.09. The zero-order chi connectivity index (χ0) is 8.27. The monoisotopic (exact) mass is 150 g/mol. The van der Waals surface area contributed by atoms with Crippen LogP contribution >= 0.6 is 0 Å². The minimum absolute atomic E-state index is 0.267. The van der Waals surface area contributed by atoms with Crippen molar-refractivity contribution in [1.82, 2.24) is 0 Å². The number of hydrogen-bond acceptors (Lipinski definition) is 1. The van der Waals surface area contributed by atoms with Crippen LogP contribution in [0, 0.1) is 24.2 Å². The Morgan fingerprint density at radius 3 is 2.91 bits per heavy atom. The second-order valence-electron chi connectivity index (χ2n) is 3.30. The van der Waals surface area contributed by atoms with Gasteiger partial charge in [0.05, 0.1) is 0 Å². The summed E-state index contributed by atoms with van der Waals surface area (Å²) in [5, 5.41) is 0. The maximum atomic E-state index is 11.1. The van der Waals surface area contributed by atoms with Gasteiger partial charge in [0.2, 0.25) is 0 Å². The molecule has 0 aromatic carbocycles. The van der Waals surface area contributed by atoms with E-state index in [0.29, 0.717) is 11.7 Å². The largest absolute Gasteiger partial charge is 0.299 e. The molecular formula is C10H14O. The van der Waals surface area contributed by atoms with Crippen molar-refractivity contribution in [1.29, 1.82) is 0 Å². The van der Waals surface area contributed by atoms with E-state index in [2.05, 4.69) is 5.92 Å². The maximum absolute atomic E-state index is 11.1. The second kappa shape index (κ2) is 3.57. The Bertz CT molecular complexity index is 188. The number of carbonyl (C=O) groups excluding carboxylic acids is 1. The first-order chi connectivity index (χ1) is 5.25. The fraction of sp³-hybridized carbons (Fsp3) is 0.700. The Morgan fingerprint density at radius 1 is 1.73 bits per heavy atom. The fourth-order valence-corrected chi connectivity index (χ4v) is 1.73. The van der Waals surface area contributed by atoms with Crippen molar-refractivity contribution in [2.75, 3.05) is 0 Å². The second-order valence-corrected chi connectivity index (χ2v) is 3.30. The minimum Gasteiger partial charge on any atom is -0.299 e. The van der Waals surface area contributed by atoms with E-state index < -0.39 is 0 Å². The summed E-state index contributed by atoms with van der Waals surface area (Å²) in [4.78, 5) is 11.1. The van der Waals surface area contributed by atoms with E-state index >= 15 is 0 Å². The van der Waals surface area contributed by atoms with Crippen LogP contribution < -0.4 is 0 Å². The summed E-state index contributed by atoms with van der Waals surface area (Å²) in [6, 6.07) is 0. The van der Waals surface area contributed by atoms with Gasteiger partial charge in [-0.1, -0.05) is 6.92 Å². The number of terminal acetylenes is 1. The molecule has 1 fully saturated rings. The van der Waals surface area contributed by atoms with Crippen molar-refractivity contribution in [2.24, 2.45) is 11.8 Å². The average Bonchev–Trinajstić information content (AvgIpc) is 2.31. The van der Waals surface area contributed by atoms with Gasteiger partial charge in [0, 0.05) is 18.8 Å². The van der Waals surface area contributed by atoms with Crippen molar-refractivity contribution in [3.63, 3.8) is 0 Å². The molecule has 0 heterocycles. The highest BCUT2D eigenvalue weighted by Crippen LogP contribution is 2.31. The SMILES string of the molecule is C#CCCC1CCC(=O)C1C. The molecule has 1 aliphatic rings. The van der Waals surface area contributed by atoms with Crippen molar-refractivity contribution < 1.29 is 4.79 Å². The molecule has 0 bridgehead atoms. The molecule has 11 heavy (non-hydrogen) atoms. The molecule has 0 spiro atoms. The van der Waals surface area contributed by atoms with E-state index in [0.717, 1.165) is 25.7 Å². The van der Waals surface area contributed by atoms with Crippen LogP contribution in [0.4, 0.5) is 0 Å². The highest BCUT2D eigenvalue weighted by atomic mass is 16.1. The number of Topliss-reactive ketones (excluding diaryl/α,β-unsaturated/α-hetero) is 1. The molecule has 0 radical (unpaired) electrons. The fourth-order valence-electron chi connectivity index (χ4n) is 1.73. The van der Waals surface area contributed by atoms with Gasteiger partial charge < -0.3 is 0 Å². The Labute approximate surface area is 68.2 Å². The van der Waals surface area contributed by atoms with Crippen LogP contribution in [0.2, 0.25) is 0 Å². The molecule has 1 heteroatoms. The first kappa shape index (κ1) is 8.33. The quantitative estimate of drug-likeness (QED) is 0.550. The van der Waals surface area contributed by atoms with Gasteiger partial charge in [0.15, 0.2) is 0 Å². The summed E-state index contributed by atoms with van der Waals surface area (Å²) in [7, 11) is 0.